The van der Waals surface area contributed by atoms with Crippen molar-refractivity contribution < 1.29 is 23.4 Å². The Morgan fingerprint density at radius 1 is 1.18 bits per heavy atom. The maximum absolute atomic E-state index is 14.2. The topological polar surface area (TPSA) is 123 Å². The number of carbonyl (C=O) groups excluding carboxylic acids is 1. The maximum atomic E-state index is 14.2. The van der Waals surface area contributed by atoms with Crippen molar-refractivity contribution in [3.63, 3.8) is 0 Å². The number of nitrogens with two attached hydrogens (primary N) is 1. The van der Waals surface area contributed by atoms with Crippen molar-refractivity contribution in [2.75, 3.05) is 11.1 Å². The molecule has 1 amide bonds. The molecule has 2 aromatic heterocycles. The van der Waals surface area contributed by atoms with Crippen LogP contribution in [-0.4, -0.2) is 38.2 Å². The van der Waals surface area contributed by atoms with Gasteiger partial charge in [0.05, 0.1) is 47.6 Å². The van der Waals surface area contributed by atoms with Crippen molar-refractivity contribution >= 4 is 17.3 Å². The number of aromatic nitrogens is 3. The Morgan fingerprint density at radius 2 is 1.97 bits per heavy atom. The minimum atomic E-state index is -0.858. The number of nitrogens with one attached hydrogen (secondary N) is 1. The molecule has 4 unspecified atom stereocenters. The third-order valence-corrected chi connectivity index (χ3v) is 6.46. The van der Waals surface area contributed by atoms with Gasteiger partial charge in [0.1, 0.15) is 11.6 Å². The molecule has 5 rings (SSSR count). The average molecular weight is 467 g/mol. The summed E-state index contributed by atoms with van der Waals surface area (Å²) >= 11 is 0. The number of fused-ring (bicyclic) bond motifs is 1. The van der Waals surface area contributed by atoms with Gasteiger partial charge in [-0.15, -0.1) is 0 Å². The summed E-state index contributed by atoms with van der Waals surface area (Å²) in [5.41, 5.74) is 6.21. The summed E-state index contributed by atoms with van der Waals surface area (Å²) in [7, 11) is 0. The fourth-order valence-corrected chi connectivity index (χ4v) is 4.80. The van der Waals surface area contributed by atoms with Crippen molar-refractivity contribution in [3.8, 4) is 11.4 Å². The minimum Gasteiger partial charge on any atom is -0.396 e. The Hall–Kier alpha value is -3.50. The molecule has 2 aliphatic rings. The number of aliphatic hydroxyl groups is 1. The number of benzene rings is 1. The first-order valence-electron chi connectivity index (χ1n) is 11.1. The molecule has 176 valence electrons. The standard InChI is InChI=1S/C24H23F2N5O3/c25-14-4-2-5-15(26)21(14)23-29-10-16(27)22(31-23)24(33)30-17-11-28-8-7-12(17)20-9-18(32)13-3-1-6-19(13)34-20/h2,4-5,7-8,10-11,13,18-20,32H,1,3,6,9,27H2,(H,30,33). The van der Waals surface area contributed by atoms with Gasteiger partial charge in [-0.2, -0.15) is 0 Å². The molecular weight excluding hydrogens is 444 g/mol. The molecule has 3 heterocycles. The van der Waals surface area contributed by atoms with Gasteiger partial charge in [-0.1, -0.05) is 12.5 Å². The number of nitrogens with zero attached hydrogens (tertiary/aromatic N) is 3. The predicted octanol–water partition coefficient (Wildman–Crippen LogP) is 3.64. The summed E-state index contributed by atoms with van der Waals surface area (Å²) in [6, 6.07) is 5.10. The van der Waals surface area contributed by atoms with Crippen LogP contribution in [0.1, 0.15) is 47.8 Å². The third-order valence-electron chi connectivity index (χ3n) is 6.46. The van der Waals surface area contributed by atoms with Crippen LogP contribution >= 0.6 is 0 Å². The molecule has 4 atom stereocenters. The van der Waals surface area contributed by atoms with Crippen molar-refractivity contribution in [3.05, 3.63) is 65.7 Å². The number of carbonyl (C=O) groups is 1. The molecule has 1 saturated carbocycles. The normalized spacial score (nSPS) is 24.0. The molecule has 4 N–H and O–H groups in total. The number of rotatable bonds is 4. The first-order chi connectivity index (χ1) is 16.4. The van der Waals surface area contributed by atoms with Crippen LogP contribution in [0.15, 0.2) is 42.9 Å². The van der Waals surface area contributed by atoms with Gasteiger partial charge < -0.3 is 20.9 Å². The highest BCUT2D eigenvalue weighted by atomic mass is 19.1. The van der Waals surface area contributed by atoms with E-state index in [1.807, 2.05) is 0 Å². The molecule has 8 nitrogen and oxygen atoms in total. The van der Waals surface area contributed by atoms with Gasteiger partial charge in [0.25, 0.3) is 5.91 Å². The fourth-order valence-electron chi connectivity index (χ4n) is 4.80. The number of ether oxygens (including phenoxy) is 1. The molecule has 2 fully saturated rings. The van der Waals surface area contributed by atoms with E-state index in [4.69, 9.17) is 10.5 Å². The second-order valence-electron chi connectivity index (χ2n) is 8.57. The van der Waals surface area contributed by atoms with E-state index in [0.29, 0.717) is 17.7 Å². The van der Waals surface area contributed by atoms with Crippen molar-refractivity contribution in [2.45, 2.75) is 44.0 Å². The van der Waals surface area contributed by atoms with Gasteiger partial charge in [0.2, 0.25) is 0 Å². The van der Waals surface area contributed by atoms with Gasteiger partial charge in [-0.25, -0.2) is 18.7 Å². The predicted molar refractivity (Wildman–Crippen MR) is 120 cm³/mol. The largest absolute Gasteiger partial charge is 0.396 e. The maximum Gasteiger partial charge on any atom is 0.276 e. The van der Waals surface area contributed by atoms with Crippen LogP contribution in [0.25, 0.3) is 11.4 Å². The number of nitrogen functional groups attached to an aromatic ring is 1. The highest BCUT2D eigenvalue weighted by molar-refractivity contribution is 6.06. The number of hydrogen-bond donors (Lipinski definition) is 3. The summed E-state index contributed by atoms with van der Waals surface area (Å²) < 4.78 is 34.7. The minimum absolute atomic E-state index is 0.0267. The number of halogens is 2. The highest BCUT2D eigenvalue weighted by Crippen LogP contribution is 2.43. The monoisotopic (exact) mass is 467 g/mol. The third kappa shape index (κ3) is 4.10. The van der Waals surface area contributed by atoms with Crippen molar-refractivity contribution in [2.24, 2.45) is 5.92 Å². The zero-order valence-corrected chi connectivity index (χ0v) is 18.1. The first-order valence-corrected chi connectivity index (χ1v) is 11.1. The summed E-state index contributed by atoms with van der Waals surface area (Å²) in [6.07, 6.45) is 6.50. The van der Waals surface area contributed by atoms with E-state index in [1.54, 1.807) is 12.3 Å². The molecule has 0 radical (unpaired) electrons. The van der Waals surface area contributed by atoms with Gasteiger partial charge in [-0.05, 0) is 31.0 Å². The smallest absolute Gasteiger partial charge is 0.276 e. The summed E-state index contributed by atoms with van der Waals surface area (Å²) in [4.78, 5) is 25.1. The Morgan fingerprint density at radius 3 is 2.76 bits per heavy atom. The molecule has 34 heavy (non-hydrogen) atoms. The molecule has 0 bridgehead atoms. The molecule has 1 aromatic carbocycles. The van der Waals surface area contributed by atoms with Crippen LogP contribution in [0.5, 0.6) is 0 Å². The van der Waals surface area contributed by atoms with Crippen molar-refractivity contribution in [1.29, 1.82) is 0 Å². The van der Waals surface area contributed by atoms with E-state index in [-0.39, 0.29) is 29.2 Å². The van der Waals surface area contributed by atoms with E-state index in [1.165, 1.54) is 12.3 Å². The summed E-state index contributed by atoms with van der Waals surface area (Å²) in [5.74, 6) is -2.57. The lowest BCUT2D eigenvalue weighted by molar-refractivity contribution is -0.125. The van der Waals surface area contributed by atoms with E-state index in [9.17, 15) is 18.7 Å². The molecule has 1 aliphatic heterocycles. The molecule has 1 saturated heterocycles. The fraction of sp³-hybridized carbons (Fsp3) is 0.333. The van der Waals surface area contributed by atoms with Gasteiger partial charge in [0, 0.05) is 24.1 Å². The Bertz CT molecular complexity index is 1220. The number of hydrogen-bond acceptors (Lipinski definition) is 7. The zero-order chi connectivity index (χ0) is 23.8. The molecule has 1 aliphatic carbocycles. The Balaban J connectivity index is 1.43. The Labute approximate surface area is 194 Å². The van der Waals surface area contributed by atoms with Gasteiger partial charge in [0.15, 0.2) is 11.5 Å². The van der Waals surface area contributed by atoms with Crippen molar-refractivity contribution in [1.82, 2.24) is 15.0 Å². The molecule has 3 aromatic rings. The number of pyridine rings is 1. The summed E-state index contributed by atoms with van der Waals surface area (Å²) in [6.45, 7) is 0. The first kappa shape index (κ1) is 22.3. The number of anilines is 2. The average Bonchev–Trinajstić information content (AvgIpc) is 3.30. The Kier molecular flexibility index (Phi) is 5.93. The zero-order valence-electron chi connectivity index (χ0n) is 18.1. The quantitative estimate of drug-likeness (QED) is 0.535. The van der Waals surface area contributed by atoms with Crippen LogP contribution < -0.4 is 11.1 Å². The van der Waals surface area contributed by atoms with Crippen LogP contribution in [0.3, 0.4) is 0 Å². The van der Waals surface area contributed by atoms with Crippen LogP contribution in [0.2, 0.25) is 0 Å². The molecular formula is C24H23F2N5O3. The number of aliphatic hydroxyl groups excluding tert-OH is 1. The van der Waals surface area contributed by atoms with E-state index < -0.39 is 35.3 Å². The summed E-state index contributed by atoms with van der Waals surface area (Å²) in [5, 5.41) is 13.3. The second kappa shape index (κ2) is 9.03. The second-order valence-corrected chi connectivity index (χ2v) is 8.57. The van der Waals surface area contributed by atoms with Gasteiger partial charge >= 0.3 is 0 Å². The van der Waals surface area contributed by atoms with Gasteiger partial charge in [-0.3, -0.25) is 9.78 Å². The van der Waals surface area contributed by atoms with Crippen LogP contribution in [0.4, 0.5) is 20.2 Å². The van der Waals surface area contributed by atoms with Crippen LogP contribution in [-0.2, 0) is 4.74 Å². The lowest BCUT2D eigenvalue weighted by Crippen LogP contribution is -2.38. The lowest BCUT2D eigenvalue weighted by Gasteiger charge is -2.37. The SMILES string of the molecule is Nc1cnc(-c2c(F)cccc2F)nc1C(=O)Nc1cnccc1C1CC(O)C2CCCC2O1. The van der Waals surface area contributed by atoms with E-state index >= 15 is 0 Å². The molecule has 10 heteroatoms. The van der Waals surface area contributed by atoms with E-state index in [0.717, 1.165) is 37.6 Å². The highest BCUT2D eigenvalue weighted by Gasteiger charge is 2.41. The number of amides is 1. The van der Waals surface area contributed by atoms with E-state index in [2.05, 4.69) is 20.3 Å². The van der Waals surface area contributed by atoms with Crippen LogP contribution in [0, 0.1) is 17.6 Å². The lowest BCUT2D eigenvalue weighted by atomic mass is 9.88. The molecule has 0 spiro atoms.